The van der Waals surface area contributed by atoms with Gasteiger partial charge in [-0.15, -0.1) is 5.10 Å². The molecule has 0 aliphatic rings. The van der Waals surface area contributed by atoms with Crippen LogP contribution in [0.2, 0.25) is 0 Å². The lowest BCUT2D eigenvalue weighted by Crippen LogP contribution is -2.27. The van der Waals surface area contributed by atoms with Crippen LogP contribution in [-0.2, 0) is 6.54 Å². The molecule has 0 spiro atoms. The van der Waals surface area contributed by atoms with Gasteiger partial charge in [-0.25, -0.2) is 4.39 Å². The van der Waals surface area contributed by atoms with Crippen molar-refractivity contribution in [3.63, 3.8) is 0 Å². The fourth-order valence-corrected chi connectivity index (χ4v) is 1.83. The van der Waals surface area contributed by atoms with Gasteiger partial charge in [-0.1, -0.05) is 5.21 Å². The first-order valence-electron chi connectivity index (χ1n) is 5.24. The number of carbonyl (C=O) groups is 1. The third-order valence-corrected chi connectivity index (χ3v) is 2.96. The van der Waals surface area contributed by atoms with Gasteiger partial charge in [-0.3, -0.25) is 9.48 Å². The third kappa shape index (κ3) is 3.13. The molecule has 7 heteroatoms. The molecule has 1 amide bonds. The molecule has 0 radical (unpaired) electrons. The molecule has 0 aliphatic heterocycles. The highest BCUT2D eigenvalue weighted by atomic mass is 79.9. The van der Waals surface area contributed by atoms with Crippen LogP contribution in [0, 0.1) is 5.82 Å². The van der Waals surface area contributed by atoms with E-state index < -0.39 is 5.82 Å². The number of amides is 1. The van der Waals surface area contributed by atoms with Gasteiger partial charge in [0.1, 0.15) is 5.82 Å². The van der Waals surface area contributed by atoms with Gasteiger partial charge in [0.15, 0.2) is 0 Å². The zero-order valence-corrected chi connectivity index (χ0v) is 10.9. The van der Waals surface area contributed by atoms with Crippen molar-refractivity contribution in [1.29, 1.82) is 0 Å². The molecule has 5 nitrogen and oxygen atoms in total. The van der Waals surface area contributed by atoms with E-state index in [1.54, 1.807) is 17.1 Å². The van der Waals surface area contributed by atoms with Crippen LogP contribution in [0.3, 0.4) is 0 Å². The molecule has 0 saturated carbocycles. The van der Waals surface area contributed by atoms with Crippen molar-refractivity contribution in [3.05, 3.63) is 46.4 Å². The third-order valence-electron chi connectivity index (χ3n) is 2.27. The number of rotatable bonds is 4. The quantitative estimate of drug-likeness (QED) is 0.933. The van der Waals surface area contributed by atoms with Gasteiger partial charge in [0, 0.05) is 17.2 Å². The van der Waals surface area contributed by atoms with E-state index in [-0.39, 0.29) is 11.5 Å². The van der Waals surface area contributed by atoms with Gasteiger partial charge in [0.2, 0.25) is 0 Å². The Hall–Kier alpha value is -1.76. The van der Waals surface area contributed by atoms with E-state index in [0.717, 1.165) is 0 Å². The molecular weight excluding hydrogens is 303 g/mol. The van der Waals surface area contributed by atoms with Crippen molar-refractivity contribution in [2.24, 2.45) is 0 Å². The standard InChI is InChI=1S/C11H10BrFN4O/c12-10-2-1-8(13)7-9(10)11(18)14-3-5-17-6-4-15-16-17/h1-2,4,6-7H,3,5H2,(H,14,18). The predicted molar refractivity (Wildman–Crippen MR) is 66.5 cm³/mol. The fourth-order valence-electron chi connectivity index (χ4n) is 1.40. The highest BCUT2D eigenvalue weighted by molar-refractivity contribution is 9.10. The average Bonchev–Trinajstić information content (AvgIpc) is 2.85. The van der Waals surface area contributed by atoms with E-state index in [2.05, 4.69) is 31.6 Å². The maximum atomic E-state index is 13.0. The summed E-state index contributed by atoms with van der Waals surface area (Å²) in [6, 6.07) is 3.98. The van der Waals surface area contributed by atoms with Crippen LogP contribution in [0.25, 0.3) is 0 Å². The van der Waals surface area contributed by atoms with Gasteiger partial charge in [-0.05, 0) is 34.1 Å². The summed E-state index contributed by atoms with van der Waals surface area (Å²) < 4.78 is 15.2. The Kier molecular flexibility index (Phi) is 4.03. The lowest BCUT2D eigenvalue weighted by molar-refractivity contribution is 0.0950. The van der Waals surface area contributed by atoms with Crippen LogP contribution in [-0.4, -0.2) is 27.4 Å². The number of aromatic nitrogens is 3. The van der Waals surface area contributed by atoms with Crippen LogP contribution in [0.15, 0.2) is 35.1 Å². The lowest BCUT2D eigenvalue weighted by Gasteiger charge is -2.06. The monoisotopic (exact) mass is 312 g/mol. The summed E-state index contributed by atoms with van der Waals surface area (Å²) in [7, 11) is 0. The summed E-state index contributed by atoms with van der Waals surface area (Å²) >= 11 is 3.21. The van der Waals surface area contributed by atoms with Crippen molar-refractivity contribution in [2.75, 3.05) is 6.54 Å². The second-order valence-electron chi connectivity index (χ2n) is 3.55. The smallest absolute Gasteiger partial charge is 0.252 e. The van der Waals surface area contributed by atoms with Crippen LogP contribution in [0.1, 0.15) is 10.4 Å². The van der Waals surface area contributed by atoms with Gasteiger partial charge in [0.25, 0.3) is 5.91 Å². The molecule has 18 heavy (non-hydrogen) atoms. The number of nitrogens with one attached hydrogen (secondary N) is 1. The topological polar surface area (TPSA) is 59.8 Å². The summed E-state index contributed by atoms with van der Waals surface area (Å²) in [5.41, 5.74) is 0.272. The normalized spacial score (nSPS) is 10.3. The van der Waals surface area contributed by atoms with E-state index in [1.165, 1.54) is 18.2 Å². The van der Waals surface area contributed by atoms with Crippen molar-refractivity contribution >= 4 is 21.8 Å². The molecule has 0 aliphatic carbocycles. The lowest BCUT2D eigenvalue weighted by atomic mass is 10.2. The molecule has 0 saturated heterocycles. The predicted octanol–water partition coefficient (Wildman–Crippen LogP) is 1.61. The number of hydrogen-bond donors (Lipinski definition) is 1. The minimum Gasteiger partial charge on any atom is -0.350 e. The molecule has 0 unspecified atom stereocenters. The van der Waals surface area contributed by atoms with Crippen molar-refractivity contribution < 1.29 is 9.18 Å². The second kappa shape index (κ2) is 5.72. The highest BCUT2D eigenvalue weighted by Crippen LogP contribution is 2.17. The highest BCUT2D eigenvalue weighted by Gasteiger charge is 2.10. The number of nitrogens with zero attached hydrogens (tertiary/aromatic N) is 3. The Morgan fingerprint density at radius 2 is 2.33 bits per heavy atom. The Bertz CT molecular complexity index is 544. The minimum absolute atomic E-state index is 0.272. The largest absolute Gasteiger partial charge is 0.350 e. The van der Waals surface area contributed by atoms with Crippen LogP contribution >= 0.6 is 15.9 Å². The zero-order chi connectivity index (χ0) is 13.0. The molecule has 1 aromatic carbocycles. The SMILES string of the molecule is O=C(NCCn1ccnn1)c1cc(F)ccc1Br. The number of hydrogen-bond acceptors (Lipinski definition) is 3. The molecule has 0 fully saturated rings. The first-order chi connectivity index (χ1) is 8.66. The zero-order valence-electron chi connectivity index (χ0n) is 9.31. The summed E-state index contributed by atoms with van der Waals surface area (Å²) in [4.78, 5) is 11.8. The van der Waals surface area contributed by atoms with Crippen molar-refractivity contribution in [3.8, 4) is 0 Å². The van der Waals surface area contributed by atoms with Crippen molar-refractivity contribution in [1.82, 2.24) is 20.3 Å². The molecule has 1 heterocycles. The van der Waals surface area contributed by atoms with Crippen LogP contribution < -0.4 is 5.32 Å². The first kappa shape index (κ1) is 12.7. The molecule has 2 rings (SSSR count). The van der Waals surface area contributed by atoms with Crippen LogP contribution in [0.5, 0.6) is 0 Å². The Labute approximate surface area is 111 Å². The number of carbonyl (C=O) groups excluding carboxylic acids is 1. The van der Waals surface area contributed by atoms with E-state index >= 15 is 0 Å². The maximum absolute atomic E-state index is 13.0. The minimum atomic E-state index is -0.445. The van der Waals surface area contributed by atoms with Crippen LogP contribution in [0.4, 0.5) is 4.39 Å². The van der Waals surface area contributed by atoms with Crippen molar-refractivity contribution in [2.45, 2.75) is 6.54 Å². The summed E-state index contributed by atoms with van der Waals surface area (Å²) in [6.07, 6.45) is 3.26. The molecule has 1 N–H and O–H groups in total. The maximum Gasteiger partial charge on any atom is 0.252 e. The Morgan fingerprint density at radius 1 is 1.50 bits per heavy atom. The van der Waals surface area contributed by atoms with Gasteiger partial charge in [-0.2, -0.15) is 0 Å². The summed E-state index contributed by atoms with van der Waals surface area (Å²) in [5, 5.41) is 10.1. The second-order valence-corrected chi connectivity index (χ2v) is 4.40. The molecule has 94 valence electrons. The fraction of sp³-hybridized carbons (Fsp3) is 0.182. The molecule has 2 aromatic rings. The molecule has 1 aromatic heterocycles. The average molecular weight is 313 g/mol. The summed E-state index contributed by atoms with van der Waals surface area (Å²) in [5.74, 6) is -0.777. The number of halogens is 2. The summed E-state index contributed by atoms with van der Waals surface area (Å²) in [6.45, 7) is 0.907. The Balaban J connectivity index is 1.93. The van der Waals surface area contributed by atoms with Gasteiger partial charge >= 0.3 is 0 Å². The Morgan fingerprint density at radius 3 is 3.06 bits per heavy atom. The van der Waals surface area contributed by atoms with E-state index in [9.17, 15) is 9.18 Å². The van der Waals surface area contributed by atoms with E-state index in [1.807, 2.05) is 0 Å². The first-order valence-corrected chi connectivity index (χ1v) is 6.03. The van der Waals surface area contributed by atoms with Gasteiger partial charge < -0.3 is 5.32 Å². The molecule has 0 bridgehead atoms. The van der Waals surface area contributed by atoms with E-state index in [4.69, 9.17) is 0 Å². The number of benzene rings is 1. The molecular formula is C11H10BrFN4O. The van der Waals surface area contributed by atoms with E-state index in [0.29, 0.717) is 17.6 Å². The molecule has 0 atom stereocenters. The van der Waals surface area contributed by atoms with Gasteiger partial charge in [0.05, 0.1) is 18.3 Å².